The van der Waals surface area contributed by atoms with Crippen LogP contribution >= 0.6 is 0 Å². The third-order valence-corrected chi connectivity index (χ3v) is 2.12. The number of rotatable bonds is 3. The Bertz CT molecular complexity index is 404. The molecule has 3 nitrogen and oxygen atoms in total. The first kappa shape index (κ1) is 13.3. The normalized spacial score (nSPS) is 11.3. The van der Waals surface area contributed by atoms with E-state index in [9.17, 15) is 18.0 Å². The molecule has 0 aliphatic rings. The highest BCUT2D eigenvalue weighted by atomic mass is 19.4. The summed E-state index contributed by atoms with van der Waals surface area (Å²) in [6.45, 7) is 1.70. The SMILES string of the molecule is CCCN(C(=O)C(F)(F)F)c1cccc(N)c1. The molecule has 0 fully saturated rings. The quantitative estimate of drug-likeness (QED) is 0.833. The van der Waals surface area contributed by atoms with Crippen molar-refractivity contribution in [1.82, 2.24) is 0 Å². The molecule has 2 N–H and O–H groups in total. The van der Waals surface area contributed by atoms with Gasteiger partial charge in [-0.3, -0.25) is 4.79 Å². The summed E-state index contributed by atoms with van der Waals surface area (Å²) in [5.74, 6) is -1.87. The van der Waals surface area contributed by atoms with Gasteiger partial charge in [0.1, 0.15) is 0 Å². The summed E-state index contributed by atoms with van der Waals surface area (Å²) in [5, 5.41) is 0. The fraction of sp³-hybridized carbons (Fsp3) is 0.364. The molecule has 6 heteroatoms. The van der Waals surface area contributed by atoms with Crippen molar-refractivity contribution < 1.29 is 18.0 Å². The Labute approximate surface area is 97.0 Å². The first-order chi connectivity index (χ1) is 7.86. The highest BCUT2D eigenvalue weighted by Gasteiger charge is 2.42. The number of nitrogens with two attached hydrogens (primary N) is 1. The molecule has 0 spiro atoms. The van der Waals surface area contributed by atoms with E-state index in [4.69, 9.17) is 5.73 Å². The number of hydrogen-bond acceptors (Lipinski definition) is 2. The predicted octanol–water partition coefficient (Wildman–Crippen LogP) is 2.57. The molecule has 0 heterocycles. The molecular formula is C11H13F3N2O. The lowest BCUT2D eigenvalue weighted by Crippen LogP contribution is -2.41. The van der Waals surface area contributed by atoms with Gasteiger partial charge in [-0.25, -0.2) is 0 Å². The van der Waals surface area contributed by atoms with E-state index in [1.54, 1.807) is 13.0 Å². The number of hydrogen-bond donors (Lipinski definition) is 1. The van der Waals surface area contributed by atoms with Gasteiger partial charge in [0.2, 0.25) is 0 Å². The minimum absolute atomic E-state index is 0.00178. The van der Waals surface area contributed by atoms with Crippen LogP contribution in [0.1, 0.15) is 13.3 Å². The van der Waals surface area contributed by atoms with Crippen molar-refractivity contribution in [2.45, 2.75) is 19.5 Å². The summed E-state index contributed by atoms with van der Waals surface area (Å²) in [4.78, 5) is 11.9. The molecule has 0 atom stereocenters. The smallest absolute Gasteiger partial charge is 0.399 e. The van der Waals surface area contributed by atoms with Crippen LogP contribution in [0.3, 0.4) is 0 Å². The van der Waals surface area contributed by atoms with Crippen LogP contribution in [0.4, 0.5) is 24.5 Å². The summed E-state index contributed by atoms with van der Waals surface area (Å²) in [6, 6.07) is 5.83. The Morgan fingerprint density at radius 3 is 2.53 bits per heavy atom. The van der Waals surface area contributed by atoms with Gasteiger partial charge in [0.05, 0.1) is 0 Å². The number of benzene rings is 1. The number of nitrogens with zero attached hydrogens (tertiary/aromatic N) is 1. The number of halogens is 3. The number of anilines is 2. The average molecular weight is 246 g/mol. The zero-order valence-electron chi connectivity index (χ0n) is 9.29. The van der Waals surface area contributed by atoms with E-state index in [0.29, 0.717) is 17.0 Å². The summed E-state index contributed by atoms with van der Waals surface area (Å²) in [5.41, 5.74) is 5.96. The van der Waals surface area contributed by atoms with Gasteiger partial charge >= 0.3 is 12.1 Å². The molecule has 0 radical (unpaired) electrons. The number of carbonyl (C=O) groups excluding carboxylic acids is 1. The Morgan fingerprint density at radius 1 is 1.41 bits per heavy atom. The average Bonchev–Trinajstić information content (AvgIpc) is 2.23. The molecule has 0 aliphatic heterocycles. The van der Waals surface area contributed by atoms with E-state index in [0.717, 1.165) is 0 Å². The second-order valence-corrected chi connectivity index (χ2v) is 3.55. The largest absolute Gasteiger partial charge is 0.471 e. The van der Waals surface area contributed by atoms with E-state index in [-0.39, 0.29) is 12.2 Å². The number of alkyl halides is 3. The lowest BCUT2D eigenvalue weighted by Gasteiger charge is -2.23. The first-order valence-corrected chi connectivity index (χ1v) is 5.10. The molecule has 0 aliphatic carbocycles. The van der Waals surface area contributed by atoms with Gasteiger partial charge in [-0.05, 0) is 24.6 Å². The monoisotopic (exact) mass is 246 g/mol. The van der Waals surface area contributed by atoms with Crippen molar-refractivity contribution >= 4 is 17.3 Å². The highest BCUT2D eigenvalue weighted by Crippen LogP contribution is 2.25. The number of nitrogen functional groups attached to an aromatic ring is 1. The topological polar surface area (TPSA) is 46.3 Å². The molecule has 0 saturated heterocycles. The van der Waals surface area contributed by atoms with Crippen LogP contribution in [0.15, 0.2) is 24.3 Å². The molecule has 17 heavy (non-hydrogen) atoms. The zero-order valence-corrected chi connectivity index (χ0v) is 9.29. The predicted molar refractivity (Wildman–Crippen MR) is 59.6 cm³/mol. The van der Waals surface area contributed by atoms with Crippen LogP contribution in [0, 0.1) is 0 Å². The second kappa shape index (κ2) is 5.07. The zero-order chi connectivity index (χ0) is 13.1. The van der Waals surface area contributed by atoms with Crippen molar-refractivity contribution in [3.8, 4) is 0 Å². The lowest BCUT2D eigenvalue weighted by molar-refractivity contribution is -0.170. The molecule has 0 unspecified atom stereocenters. The van der Waals surface area contributed by atoms with E-state index < -0.39 is 12.1 Å². The fourth-order valence-electron chi connectivity index (χ4n) is 1.42. The van der Waals surface area contributed by atoms with Crippen LogP contribution in [-0.4, -0.2) is 18.6 Å². The molecule has 1 rings (SSSR count). The highest BCUT2D eigenvalue weighted by molar-refractivity contribution is 5.97. The summed E-state index contributed by atoms with van der Waals surface area (Å²) in [6.07, 6.45) is -4.45. The minimum atomic E-state index is -4.88. The van der Waals surface area contributed by atoms with Crippen molar-refractivity contribution in [3.05, 3.63) is 24.3 Å². The van der Waals surface area contributed by atoms with Gasteiger partial charge < -0.3 is 10.6 Å². The van der Waals surface area contributed by atoms with Crippen LogP contribution in [0.2, 0.25) is 0 Å². The summed E-state index contributed by atoms with van der Waals surface area (Å²) < 4.78 is 37.2. The van der Waals surface area contributed by atoms with Gasteiger partial charge in [-0.1, -0.05) is 13.0 Å². The summed E-state index contributed by atoms with van der Waals surface area (Å²) >= 11 is 0. The van der Waals surface area contributed by atoms with E-state index in [1.165, 1.54) is 18.2 Å². The van der Waals surface area contributed by atoms with Gasteiger partial charge in [-0.2, -0.15) is 13.2 Å². The summed E-state index contributed by atoms with van der Waals surface area (Å²) in [7, 11) is 0. The third kappa shape index (κ3) is 3.37. The maximum absolute atomic E-state index is 12.4. The van der Waals surface area contributed by atoms with Gasteiger partial charge in [0.25, 0.3) is 0 Å². The second-order valence-electron chi connectivity index (χ2n) is 3.55. The van der Waals surface area contributed by atoms with Crippen molar-refractivity contribution in [2.24, 2.45) is 0 Å². The van der Waals surface area contributed by atoms with Gasteiger partial charge in [0.15, 0.2) is 0 Å². The lowest BCUT2D eigenvalue weighted by atomic mass is 10.2. The standard InChI is InChI=1S/C11H13F3N2O/c1-2-6-16(10(17)11(12,13)14)9-5-3-4-8(15)7-9/h3-5,7H,2,6,15H2,1H3. The minimum Gasteiger partial charge on any atom is -0.399 e. The molecule has 0 saturated carbocycles. The van der Waals surface area contributed by atoms with E-state index in [1.807, 2.05) is 0 Å². The Morgan fingerprint density at radius 2 is 2.06 bits per heavy atom. The molecule has 1 aromatic carbocycles. The Kier molecular flexibility index (Phi) is 3.98. The molecule has 0 bridgehead atoms. The molecule has 94 valence electrons. The van der Waals surface area contributed by atoms with Crippen molar-refractivity contribution in [2.75, 3.05) is 17.2 Å². The molecule has 1 amide bonds. The van der Waals surface area contributed by atoms with E-state index in [2.05, 4.69) is 0 Å². The molecule has 1 aromatic rings. The van der Waals surface area contributed by atoms with Gasteiger partial charge in [0, 0.05) is 17.9 Å². The molecular weight excluding hydrogens is 233 g/mol. The Hall–Kier alpha value is -1.72. The first-order valence-electron chi connectivity index (χ1n) is 5.10. The Balaban J connectivity index is 3.05. The van der Waals surface area contributed by atoms with Crippen LogP contribution < -0.4 is 10.6 Å². The molecule has 0 aromatic heterocycles. The number of carbonyl (C=O) groups is 1. The van der Waals surface area contributed by atoms with Crippen molar-refractivity contribution in [3.63, 3.8) is 0 Å². The van der Waals surface area contributed by atoms with Gasteiger partial charge in [-0.15, -0.1) is 0 Å². The maximum atomic E-state index is 12.4. The number of amides is 1. The van der Waals surface area contributed by atoms with Crippen molar-refractivity contribution in [1.29, 1.82) is 0 Å². The van der Waals surface area contributed by atoms with Crippen LogP contribution in [0.5, 0.6) is 0 Å². The third-order valence-electron chi connectivity index (χ3n) is 2.12. The van der Waals surface area contributed by atoms with Crippen LogP contribution in [0.25, 0.3) is 0 Å². The van der Waals surface area contributed by atoms with E-state index >= 15 is 0 Å². The van der Waals surface area contributed by atoms with Crippen LogP contribution in [-0.2, 0) is 4.79 Å². The fourth-order valence-corrected chi connectivity index (χ4v) is 1.42. The maximum Gasteiger partial charge on any atom is 0.471 e.